The lowest BCUT2D eigenvalue weighted by Gasteiger charge is -2.52. The Balaban J connectivity index is 1.99. The van der Waals surface area contributed by atoms with Crippen LogP contribution in [0.2, 0.25) is 0 Å². The fraction of sp³-hybridized carbons (Fsp3) is 0.250. The molecule has 134 valence electrons. The smallest absolute Gasteiger partial charge is 0.224 e. The number of hydrogen-bond acceptors (Lipinski definition) is 5. The van der Waals surface area contributed by atoms with E-state index in [0.717, 1.165) is 0 Å². The predicted molar refractivity (Wildman–Crippen MR) is 88.4 cm³/mol. The van der Waals surface area contributed by atoms with Crippen LogP contribution in [0.25, 0.3) is 0 Å². The summed E-state index contributed by atoms with van der Waals surface area (Å²) in [7, 11) is 0. The number of hydrogen-bond donors (Lipinski definition) is 1. The third-order valence-electron chi connectivity index (χ3n) is 4.90. The van der Waals surface area contributed by atoms with E-state index in [1.807, 2.05) is 0 Å². The van der Waals surface area contributed by atoms with E-state index >= 15 is 0 Å². The molecule has 0 heterocycles. The minimum atomic E-state index is -1.40. The second-order valence-electron chi connectivity index (χ2n) is 6.33. The van der Waals surface area contributed by atoms with Crippen LogP contribution in [0.15, 0.2) is 60.7 Å². The zero-order valence-corrected chi connectivity index (χ0v) is 13.8. The molecule has 0 bridgehead atoms. The minimum Gasteiger partial charge on any atom is -0.550 e. The number of rotatable bonds is 6. The van der Waals surface area contributed by atoms with Gasteiger partial charge in [0.1, 0.15) is 0 Å². The van der Waals surface area contributed by atoms with Gasteiger partial charge in [0.2, 0.25) is 5.91 Å². The summed E-state index contributed by atoms with van der Waals surface area (Å²) in [6, 6.07) is 17.7. The van der Waals surface area contributed by atoms with Crippen molar-refractivity contribution in [1.82, 2.24) is 5.32 Å². The van der Waals surface area contributed by atoms with E-state index in [0.29, 0.717) is 11.1 Å². The first-order valence-corrected chi connectivity index (χ1v) is 8.29. The molecule has 1 fully saturated rings. The minimum absolute atomic E-state index is 0.505. The molecule has 3 rings (SSSR count). The summed E-state index contributed by atoms with van der Waals surface area (Å²) in [6.07, 6.45) is 0. The molecular weight excluding hydrogens is 334 g/mol. The molecule has 26 heavy (non-hydrogen) atoms. The highest BCUT2D eigenvalue weighted by atomic mass is 16.4. The quantitative estimate of drug-likeness (QED) is 0.749. The van der Waals surface area contributed by atoms with Crippen molar-refractivity contribution in [1.29, 1.82) is 0 Å². The molecule has 1 N–H and O–H groups in total. The highest BCUT2D eigenvalue weighted by Gasteiger charge is 2.55. The summed E-state index contributed by atoms with van der Waals surface area (Å²) >= 11 is 0. The Morgan fingerprint density at radius 1 is 0.769 bits per heavy atom. The molecule has 0 aliphatic heterocycles. The topological polar surface area (TPSA) is 109 Å². The SMILES string of the molecule is O=C([O-])CNC(=O)C1[C@H](c2ccccc2)C(C(=O)[O-])[C@H]1c1ccccc1. The molecule has 6 heteroatoms. The average molecular weight is 351 g/mol. The molecule has 0 spiro atoms. The lowest BCUT2D eigenvalue weighted by atomic mass is 9.52. The Morgan fingerprint density at radius 3 is 1.62 bits per heavy atom. The summed E-state index contributed by atoms with van der Waals surface area (Å²) in [4.78, 5) is 35.2. The molecule has 2 aromatic rings. The van der Waals surface area contributed by atoms with Gasteiger partial charge < -0.3 is 25.1 Å². The van der Waals surface area contributed by atoms with Crippen LogP contribution in [0.1, 0.15) is 23.0 Å². The molecule has 2 aromatic carbocycles. The van der Waals surface area contributed by atoms with Crippen LogP contribution >= 0.6 is 0 Å². The maximum Gasteiger partial charge on any atom is 0.224 e. The lowest BCUT2D eigenvalue weighted by molar-refractivity contribution is -0.317. The van der Waals surface area contributed by atoms with Gasteiger partial charge in [-0.2, -0.15) is 0 Å². The van der Waals surface area contributed by atoms with Gasteiger partial charge in [-0.25, -0.2) is 0 Å². The maximum absolute atomic E-state index is 12.6. The van der Waals surface area contributed by atoms with Crippen LogP contribution in [0.3, 0.4) is 0 Å². The van der Waals surface area contributed by atoms with Crippen molar-refractivity contribution < 1.29 is 24.6 Å². The van der Waals surface area contributed by atoms with E-state index in [9.17, 15) is 24.6 Å². The van der Waals surface area contributed by atoms with E-state index in [-0.39, 0.29) is 0 Å². The fourth-order valence-corrected chi connectivity index (χ4v) is 3.82. The molecule has 1 saturated carbocycles. The highest BCUT2D eigenvalue weighted by Crippen LogP contribution is 2.57. The molecule has 0 aromatic heterocycles. The Labute approximate surface area is 150 Å². The summed E-state index contributed by atoms with van der Waals surface area (Å²) in [5.74, 6) is -5.89. The lowest BCUT2D eigenvalue weighted by Crippen LogP contribution is -2.57. The van der Waals surface area contributed by atoms with Gasteiger partial charge in [0.05, 0.1) is 18.4 Å². The monoisotopic (exact) mass is 351 g/mol. The first-order valence-electron chi connectivity index (χ1n) is 8.29. The second kappa shape index (κ2) is 7.39. The van der Waals surface area contributed by atoms with Crippen molar-refractivity contribution in [2.75, 3.05) is 6.54 Å². The van der Waals surface area contributed by atoms with E-state index in [4.69, 9.17) is 0 Å². The predicted octanol–water partition coefficient (Wildman–Crippen LogP) is -0.584. The van der Waals surface area contributed by atoms with Crippen molar-refractivity contribution >= 4 is 17.8 Å². The van der Waals surface area contributed by atoms with Gasteiger partial charge in [0, 0.05) is 23.7 Å². The number of carboxylic acids is 2. The normalized spacial score (nSPS) is 24.3. The van der Waals surface area contributed by atoms with Gasteiger partial charge in [0.25, 0.3) is 0 Å². The van der Waals surface area contributed by atoms with Gasteiger partial charge in [-0.1, -0.05) is 60.7 Å². The summed E-state index contributed by atoms with van der Waals surface area (Å²) in [5, 5.41) is 24.8. The van der Waals surface area contributed by atoms with Crippen LogP contribution in [0.5, 0.6) is 0 Å². The number of nitrogens with one attached hydrogen (secondary N) is 1. The zero-order chi connectivity index (χ0) is 18.7. The standard InChI is InChI=1S/C20H19NO5/c22-14(23)11-21-19(24)17-15(12-7-3-1-4-8-12)18(20(25)26)16(17)13-9-5-2-6-10-13/h1-10,15-18H,11H2,(H,21,24)(H,22,23)(H,25,26)/p-2/t15-,16-,17?,18?/m0/s1. The van der Waals surface area contributed by atoms with Crippen LogP contribution in [0.4, 0.5) is 0 Å². The molecule has 1 aliphatic carbocycles. The van der Waals surface area contributed by atoms with E-state index in [2.05, 4.69) is 5.32 Å². The summed E-state index contributed by atoms with van der Waals surface area (Å²) in [5.41, 5.74) is 1.42. The van der Waals surface area contributed by atoms with Crippen LogP contribution < -0.4 is 15.5 Å². The van der Waals surface area contributed by atoms with E-state index in [1.165, 1.54) is 0 Å². The number of benzene rings is 2. The third-order valence-corrected chi connectivity index (χ3v) is 4.90. The van der Waals surface area contributed by atoms with Crippen molar-refractivity contribution in [2.45, 2.75) is 11.8 Å². The van der Waals surface area contributed by atoms with Gasteiger partial charge in [-0.05, 0) is 11.1 Å². The maximum atomic E-state index is 12.6. The van der Waals surface area contributed by atoms with Crippen molar-refractivity contribution in [3.05, 3.63) is 71.8 Å². The molecule has 1 amide bonds. The molecule has 0 radical (unpaired) electrons. The molecular formula is C20H17NO5-2. The highest BCUT2D eigenvalue weighted by molar-refractivity contribution is 5.88. The van der Waals surface area contributed by atoms with Crippen LogP contribution in [-0.4, -0.2) is 24.4 Å². The number of carbonyl (C=O) groups excluding carboxylic acids is 3. The molecule has 0 saturated heterocycles. The van der Waals surface area contributed by atoms with Crippen molar-refractivity contribution in [2.24, 2.45) is 11.8 Å². The first-order chi connectivity index (χ1) is 12.5. The number of carboxylic acid groups (broad SMARTS) is 2. The Bertz CT molecular complexity index is 758. The fourth-order valence-electron chi connectivity index (χ4n) is 3.82. The zero-order valence-electron chi connectivity index (χ0n) is 13.8. The van der Waals surface area contributed by atoms with Crippen molar-refractivity contribution in [3.8, 4) is 0 Å². The summed E-state index contributed by atoms with van der Waals surface area (Å²) in [6.45, 7) is -0.617. The largest absolute Gasteiger partial charge is 0.550 e. The number of amides is 1. The van der Waals surface area contributed by atoms with E-state index < -0.39 is 48.1 Å². The van der Waals surface area contributed by atoms with Gasteiger partial charge in [-0.15, -0.1) is 0 Å². The van der Waals surface area contributed by atoms with Gasteiger partial charge in [-0.3, -0.25) is 4.79 Å². The molecule has 0 unspecified atom stereocenters. The molecule has 2 atom stereocenters. The van der Waals surface area contributed by atoms with Crippen LogP contribution in [0, 0.1) is 11.8 Å². The third kappa shape index (κ3) is 3.31. The Morgan fingerprint density at radius 2 is 1.23 bits per heavy atom. The molecule has 1 aliphatic rings. The van der Waals surface area contributed by atoms with Gasteiger partial charge >= 0.3 is 0 Å². The van der Waals surface area contributed by atoms with Gasteiger partial charge in [0.15, 0.2) is 0 Å². The molecule has 6 nitrogen and oxygen atoms in total. The average Bonchev–Trinajstić information content (AvgIpc) is 2.60. The van der Waals surface area contributed by atoms with E-state index in [1.54, 1.807) is 60.7 Å². The Hall–Kier alpha value is -3.15. The summed E-state index contributed by atoms with van der Waals surface area (Å²) < 4.78 is 0. The van der Waals surface area contributed by atoms with Crippen LogP contribution in [-0.2, 0) is 14.4 Å². The number of aliphatic carboxylic acids is 2. The Kier molecular flexibility index (Phi) is 5.02. The number of carbonyl (C=O) groups is 3. The first kappa shape index (κ1) is 17.7. The van der Waals surface area contributed by atoms with Crippen molar-refractivity contribution in [3.63, 3.8) is 0 Å². The second-order valence-corrected chi connectivity index (χ2v) is 6.33.